The first-order valence-electron chi connectivity index (χ1n) is 6.64. The lowest BCUT2D eigenvalue weighted by atomic mass is 9.99. The molecular weight excluding hydrogens is 332 g/mol. The molecule has 0 saturated heterocycles. The molecular formula is C16H14N2O5S. The van der Waals surface area contributed by atoms with E-state index in [0.717, 1.165) is 6.07 Å². The zero-order valence-corrected chi connectivity index (χ0v) is 13.8. The highest BCUT2D eigenvalue weighted by Crippen LogP contribution is 2.40. The maximum atomic E-state index is 11.7. The number of nitrogens with zero attached hydrogens (tertiary/aromatic N) is 1. The van der Waals surface area contributed by atoms with Crippen LogP contribution in [0, 0.1) is 11.3 Å². The highest BCUT2D eigenvalue weighted by molar-refractivity contribution is 7.89. The number of methoxy groups -OCH3 is 2. The molecule has 0 bridgehead atoms. The van der Waals surface area contributed by atoms with Gasteiger partial charge in [-0.05, 0) is 30.3 Å². The normalized spacial score (nSPS) is 10.8. The van der Waals surface area contributed by atoms with Crippen molar-refractivity contribution in [3.63, 3.8) is 0 Å². The van der Waals surface area contributed by atoms with Crippen molar-refractivity contribution in [3.8, 4) is 28.7 Å². The monoisotopic (exact) mass is 346 g/mol. The molecule has 2 aromatic rings. The number of carbonyl (C=O) groups is 1. The second-order valence-corrected chi connectivity index (χ2v) is 6.34. The molecule has 2 aromatic carbocycles. The average Bonchev–Trinajstić information content (AvgIpc) is 2.58. The zero-order chi connectivity index (χ0) is 17.9. The van der Waals surface area contributed by atoms with Gasteiger partial charge in [-0.15, -0.1) is 0 Å². The minimum absolute atomic E-state index is 0.0171. The van der Waals surface area contributed by atoms with Crippen LogP contribution in [0.4, 0.5) is 0 Å². The minimum Gasteiger partial charge on any atom is -0.496 e. The molecule has 24 heavy (non-hydrogen) atoms. The van der Waals surface area contributed by atoms with E-state index in [1.54, 1.807) is 12.1 Å². The molecule has 0 saturated carbocycles. The van der Waals surface area contributed by atoms with Crippen LogP contribution >= 0.6 is 0 Å². The fourth-order valence-electron chi connectivity index (χ4n) is 2.29. The number of sulfonamides is 1. The van der Waals surface area contributed by atoms with Crippen LogP contribution in [-0.2, 0) is 10.0 Å². The summed E-state index contributed by atoms with van der Waals surface area (Å²) in [5.41, 5.74) is 1.03. The Kier molecular flexibility index (Phi) is 4.87. The van der Waals surface area contributed by atoms with Crippen LogP contribution in [0.3, 0.4) is 0 Å². The van der Waals surface area contributed by atoms with Crippen LogP contribution in [0.15, 0.2) is 35.2 Å². The van der Waals surface area contributed by atoms with E-state index in [1.807, 2.05) is 6.07 Å². The smallest absolute Gasteiger partial charge is 0.238 e. The molecule has 7 nitrogen and oxygen atoms in total. The van der Waals surface area contributed by atoms with Crippen LogP contribution in [-0.4, -0.2) is 28.9 Å². The van der Waals surface area contributed by atoms with Crippen molar-refractivity contribution < 1.29 is 22.7 Å². The first kappa shape index (κ1) is 17.5. The number of nitriles is 1. The second-order valence-electron chi connectivity index (χ2n) is 4.78. The summed E-state index contributed by atoms with van der Waals surface area (Å²) in [5, 5.41) is 14.3. The van der Waals surface area contributed by atoms with E-state index in [-0.39, 0.29) is 21.8 Å². The fraction of sp³-hybridized carbons (Fsp3) is 0.125. The van der Waals surface area contributed by atoms with Crippen LogP contribution in [0.25, 0.3) is 11.1 Å². The predicted molar refractivity (Wildman–Crippen MR) is 86.5 cm³/mol. The lowest BCUT2D eigenvalue weighted by molar-refractivity contribution is 0.112. The van der Waals surface area contributed by atoms with Crippen LogP contribution < -0.4 is 14.6 Å². The van der Waals surface area contributed by atoms with Gasteiger partial charge in [-0.3, -0.25) is 4.79 Å². The van der Waals surface area contributed by atoms with Gasteiger partial charge in [0.05, 0.1) is 36.3 Å². The van der Waals surface area contributed by atoms with Crippen molar-refractivity contribution in [1.29, 1.82) is 5.26 Å². The second kappa shape index (κ2) is 6.70. The van der Waals surface area contributed by atoms with Gasteiger partial charge in [-0.1, -0.05) is 0 Å². The van der Waals surface area contributed by atoms with E-state index in [1.165, 1.54) is 26.4 Å². The largest absolute Gasteiger partial charge is 0.496 e. The van der Waals surface area contributed by atoms with E-state index in [9.17, 15) is 13.2 Å². The van der Waals surface area contributed by atoms with Gasteiger partial charge in [0.2, 0.25) is 10.0 Å². The standard InChI is InChI=1S/C16H14N2O5S/c1-22-15-4-3-10(8-17)5-13(15)14-7-12(24(18,20)21)6-11(9-19)16(14)23-2/h3-7,9H,1-2H3,(H2,18,20,21). The molecule has 8 heteroatoms. The van der Waals surface area contributed by atoms with Gasteiger partial charge in [0, 0.05) is 11.1 Å². The molecule has 124 valence electrons. The summed E-state index contributed by atoms with van der Waals surface area (Å²) >= 11 is 0. The van der Waals surface area contributed by atoms with E-state index in [4.69, 9.17) is 19.9 Å². The van der Waals surface area contributed by atoms with Crippen LogP contribution in [0.2, 0.25) is 0 Å². The Morgan fingerprint density at radius 1 is 1.12 bits per heavy atom. The lowest BCUT2D eigenvalue weighted by Gasteiger charge is -2.15. The number of aldehydes is 1. The number of carbonyl (C=O) groups excluding carboxylic acids is 1. The van der Waals surface area contributed by atoms with Gasteiger partial charge < -0.3 is 9.47 Å². The number of nitrogens with two attached hydrogens (primary N) is 1. The Balaban J connectivity index is 2.92. The molecule has 2 N–H and O–H groups in total. The molecule has 0 aliphatic rings. The third kappa shape index (κ3) is 3.22. The van der Waals surface area contributed by atoms with Crippen molar-refractivity contribution in [2.45, 2.75) is 4.90 Å². The number of benzene rings is 2. The van der Waals surface area contributed by atoms with Crippen molar-refractivity contribution in [3.05, 3.63) is 41.5 Å². The zero-order valence-electron chi connectivity index (χ0n) is 12.9. The maximum absolute atomic E-state index is 11.7. The molecule has 2 rings (SSSR count). The van der Waals surface area contributed by atoms with E-state index >= 15 is 0 Å². The maximum Gasteiger partial charge on any atom is 0.238 e. The summed E-state index contributed by atoms with van der Waals surface area (Å²) < 4.78 is 33.9. The topological polar surface area (TPSA) is 119 Å². The Labute approximate surface area is 139 Å². The lowest BCUT2D eigenvalue weighted by Crippen LogP contribution is -2.13. The third-order valence-electron chi connectivity index (χ3n) is 3.37. The highest BCUT2D eigenvalue weighted by atomic mass is 32.2. The van der Waals surface area contributed by atoms with Gasteiger partial charge in [-0.25, -0.2) is 13.6 Å². The predicted octanol–water partition coefficient (Wildman–Crippen LogP) is 1.70. The number of primary sulfonamides is 1. The molecule has 0 aromatic heterocycles. The molecule has 0 radical (unpaired) electrons. The molecule has 0 aliphatic heterocycles. The molecule has 0 fully saturated rings. The Morgan fingerprint density at radius 2 is 1.83 bits per heavy atom. The average molecular weight is 346 g/mol. The van der Waals surface area contributed by atoms with Crippen molar-refractivity contribution in [1.82, 2.24) is 0 Å². The van der Waals surface area contributed by atoms with Gasteiger partial charge in [0.1, 0.15) is 11.5 Å². The molecule has 0 amide bonds. The van der Waals surface area contributed by atoms with E-state index < -0.39 is 10.0 Å². The first-order valence-corrected chi connectivity index (χ1v) is 8.18. The van der Waals surface area contributed by atoms with Gasteiger partial charge in [0.25, 0.3) is 0 Å². The quantitative estimate of drug-likeness (QED) is 0.823. The number of hydrogen-bond acceptors (Lipinski definition) is 6. The van der Waals surface area contributed by atoms with Gasteiger partial charge >= 0.3 is 0 Å². The van der Waals surface area contributed by atoms with Crippen molar-refractivity contribution in [2.75, 3.05) is 14.2 Å². The summed E-state index contributed by atoms with van der Waals surface area (Å²) in [6.45, 7) is 0. The number of rotatable bonds is 5. The third-order valence-corrected chi connectivity index (χ3v) is 4.26. The molecule has 0 spiro atoms. The SMILES string of the molecule is COc1ccc(C#N)cc1-c1cc(S(N)(=O)=O)cc(C=O)c1OC. The Bertz CT molecular complexity index is 946. The number of hydrogen-bond donors (Lipinski definition) is 1. The van der Waals surface area contributed by atoms with E-state index in [0.29, 0.717) is 23.2 Å². The van der Waals surface area contributed by atoms with E-state index in [2.05, 4.69) is 0 Å². The highest BCUT2D eigenvalue weighted by Gasteiger charge is 2.20. The van der Waals surface area contributed by atoms with Crippen molar-refractivity contribution >= 4 is 16.3 Å². The summed E-state index contributed by atoms with van der Waals surface area (Å²) in [6, 6.07) is 9.03. The number of ether oxygens (including phenoxy) is 2. The summed E-state index contributed by atoms with van der Waals surface area (Å²) in [7, 11) is -1.26. The summed E-state index contributed by atoms with van der Waals surface area (Å²) in [6.07, 6.45) is 0.470. The summed E-state index contributed by atoms with van der Waals surface area (Å²) in [5.74, 6) is 0.543. The van der Waals surface area contributed by atoms with Crippen LogP contribution in [0.5, 0.6) is 11.5 Å². The minimum atomic E-state index is -4.05. The van der Waals surface area contributed by atoms with Gasteiger partial charge in [-0.2, -0.15) is 5.26 Å². The van der Waals surface area contributed by atoms with Crippen LogP contribution in [0.1, 0.15) is 15.9 Å². The Hall–Kier alpha value is -2.89. The molecule has 0 unspecified atom stereocenters. The van der Waals surface area contributed by atoms with Gasteiger partial charge in [0.15, 0.2) is 6.29 Å². The molecule has 0 aliphatic carbocycles. The molecule has 0 atom stereocenters. The Morgan fingerprint density at radius 3 is 2.33 bits per heavy atom. The summed E-state index contributed by atoms with van der Waals surface area (Å²) in [4.78, 5) is 11.1. The molecule has 0 heterocycles. The van der Waals surface area contributed by atoms with Crippen molar-refractivity contribution in [2.24, 2.45) is 5.14 Å². The fourth-order valence-corrected chi connectivity index (χ4v) is 2.86. The first-order chi connectivity index (χ1) is 11.3.